The van der Waals surface area contributed by atoms with Crippen LogP contribution >= 0.6 is 34.4 Å². The number of rotatable bonds is 9. The molecule has 7 nitrogen and oxygen atoms in total. The molecular formula is C23H24IN5O2S. The van der Waals surface area contributed by atoms with Gasteiger partial charge in [-0.2, -0.15) is 0 Å². The highest BCUT2D eigenvalue weighted by atomic mass is 127. The van der Waals surface area contributed by atoms with Crippen molar-refractivity contribution in [3.63, 3.8) is 0 Å². The van der Waals surface area contributed by atoms with Crippen molar-refractivity contribution >= 4 is 51.9 Å². The van der Waals surface area contributed by atoms with Gasteiger partial charge in [-0.15, -0.1) is 16.8 Å². The van der Waals surface area contributed by atoms with Crippen LogP contribution in [0.4, 0.5) is 5.69 Å². The largest absolute Gasteiger partial charge is 0.342 e. The van der Waals surface area contributed by atoms with Crippen LogP contribution in [0.1, 0.15) is 34.7 Å². The Morgan fingerprint density at radius 2 is 1.91 bits per heavy atom. The maximum atomic E-state index is 12.7. The number of nitrogens with zero attached hydrogens (tertiary/aromatic N) is 3. The molecular weight excluding hydrogens is 537 g/mol. The van der Waals surface area contributed by atoms with Crippen LogP contribution in [0.2, 0.25) is 0 Å². The van der Waals surface area contributed by atoms with E-state index in [9.17, 15) is 9.59 Å². The van der Waals surface area contributed by atoms with Crippen LogP contribution in [-0.4, -0.2) is 32.3 Å². The number of aromatic nitrogens is 3. The Morgan fingerprint density at radius 1 is 1.19 bits per heavy atom. The first-order valence-corrected chi connectivity index (χ1v) is 12.0. The monoisotopic (exact) mass is 561 g/mol. The third-order valence-electron chi connectivity index (χ3n) is 4.64. The molecule has 0 saturated carbocycles. The molecule has 0 aliphatic carbocycles. The average Bonchev–Trinajstić information content (AvgIpc) is 3.17. The molecule has 1 heterocycles. The van der Waals surface area contributed by atoms with E-state index in [-0.39, 0.29) is 23.6 Å². The molecule has 9 heteroatoms. The van der Waals surface area contributed by atoms with Gasteiger partial charge in [0.15, 0.2) is 11.0 Å². The SMILES string of the molecule is C=CCn1c(SCC(=O)Nc2ccc(I)cc2)nnc1[C@H](C)NC(=O)c1ccccc1C. The fourth-order valence-corrected chi connectivity index (χ4v) is 4.17. The number of hydrogen-bond donors (Lipinski definition) is 2. The van der Waals surface area contributed by atoms with E-state index in [0.29, 0.717) is 23.1 Å². The molecule has 2 amide bonds. The summed E-state index contributed by atoms with van der Waals surface area (Å²) in [5.41, 5.74) is 2.27. The van der Waals surface area contributed by atoms with E-state index in [1.165, 1.54) is 11.8 Å². The summed E-state index contributed by atoms with van der Waals surface area (Å²) in [5, 5.41) is 15.0. The quantitative estimate of drug-likeness (QED) is 0.227. The zero-order valence-electron chi connectivity index (χ0n) is 17.8. The third-order valence-corrected chi connectivity index (χ3v) is 6.33. The van der Waals surface area contributed by atoms with Gasteiger partial charge in [-0.25, -0.2) is 0 Å². The van der Waals surface area contributed by atoms with E-state index < -0.39 is 0 Å². The van der Waals surface area contributed by atoms with Gasteiger partial charge in [-0.1, -0.05) is 36.0 Å². The minimum Gasteiger partial charge on any atom is -0.342 e. The summed E-state index contributed by atoms with van der Waals surface area (Å²) in [6.45, 7) is 8.03. The molecule has 0 spiro atoms. The minimum atomic E-state index is -0.371. The minimum absolute atomic E-state index is 0.133. The number of aryl methyl sites for hydroxylation is 1. The molecule has 166 valence electrons. The molecule has 3 aromatic rings. The van der Waals surface area contributed by atoms with E-state index in [4.69, 9.17) is 0 Å². The lowest BCUT2D eigenvalue weighted by Crippen LogP contribution is -2.29. The van der Waals surface area contributed by atoms with Crippen molar-refractivity contribution in [3.05, 3.63) is 81.7 Å². The first kappa shape index (κ1) is 24.0. The topological polar surface area (TPSA) is 88.9 Å². The molecule has 0 unspecified atom stereocenters. The third kappa shape index (κ3) is 6.19. The zero-order valence-corrected chi connectivity index (χ0v) is 20.8. The van der Waals surface area contributed by atoms with Crippen molar-refractivity contribution in [1.82, 2.24) is 20.1 Å². The number of halogens is 1. The molecule has 0 radical (unpaired) electrons. The summed E-state index contributed by atoms with van der Waals surface area (Å²) in [7, 11) is 0. The van der Waals surface area contributed by atoms with Crippen LogP contribution in [0.25, 0.3) is 0 Å². The van der Waals surface area contributed by atoms with Crippen LogP contribution in [0.15, 0.2) is 66.3 Å². The number of allylic oxidation sites excluding steroid dienone is 1. The number of hydrogen-bond acceptors (Lipinski definition) is 5. The van der Waals surface area contributed by atoms with Gasteiger partial charge < -0.3 is 15.2 Å². The van der Waals surface area contributed by atoms with Crippen LogP contribution in [0.3, 0.4) is 0 Å². The molecule has 2 N–H and O–H groups in total. The summed E-state index contributed by atoms with van der Waals surface area (Å²) >= 11 is 3.50. The summed E-state index contributed by atoms with van der Waals surface area (Å²) in [5.74, 6) is 0.486. The zero-order chi connectivity index (χ0) is 23.1. The number of carbonyl (C=O) groups is 2. The Kier molecular flexibility index (Phi) is 8.46. The summed E-state index contributed by atoms with van der Waals surface area (Å²) < 4.78 is 2.96. The molecule has 1 atom stereocenters. The lowest BCUT2D eigenvalue weighted by molar-refractivity contribution is -0.113. The number of nitrogens with one attached hydrogen (secondary N) is 2. The molecule has 0 aliphatic rings. The fourth-order valence-electron chi connectivity index (χ4n) is 3.05. The van der Waals surface area contributed by atoms with Crippen LogP contribution in [0.5, 0.6) is 0 Å². The summed E-state index contributed by atoms with van der Waals surface area (Å²) in [4.78, 5) is 25.0. The number of carbonyl (C=O) groups excluding carboxylic acids is 2. The van der Waals surface area contributed by atoms with Crippen molar-refractivity contribution in [3.8, 4) is 0 Å². The van der Waals surface area contributed by atoms with E-state index >= 15 is 0 Å². The smallest absolute Gasteiger partial charge is 0.252 e. The second-order valence-corrected chi connectivity index (χ2v) is 9.28. The Morgan fingerprint density at radius 3 is 2.59 bits per heavy atom. The Bertz CT molecular complexity index is 1110. The molecule has 0 bridgehead atoms. The van der Waals surface area contributed by atoms with Gasteiger partial charge in [0.1, 0.15) is 0 Å². The van der Waals surface area contributed by atoms with E-state index in [1.54, 1.807) is 12.1 Å². The molecule has 0 aliphatic heterocycles. The Labute approximate surface area is 205 Å². The van der Waals surface area contributed by atoms with Crippen molar-refractivity contribution < 1.29 is 9.59 Å². The fraction of sp³-hybridized carbons (Fsp3) is 0.217. The Balaban J connectivity index is 1.67. The predicted octanol–water partition coefficient (Wildman–Crippen LogP) is 4.60. The second-order valence-electron chi connectivity index (χ2n) is 7.09. The van der Waals surface area contributed by atoms with Crippen molar-refractivity contribution in [1.29, 1.82) is 0 Å². The normalized spacial score (nSPS) is 11.6. The van der Waals surface area contributed by atoms with Crippen LogP contribution < -0.4 is 10.6 Å². The average molecular weight is 561 g/mol. The summed E-state index contributed by atoms with van der Waals surface area (Å²) in [6, 6.07) is 14.6. The van der Waals surface area contributed by atoms with Crippen molar-refractivity contribution in [2.45, 2.75) is 31.6 Å². The maximum absolute atomic E-state index is 12.7. The van der Waals surface area contributed by atoms with Gasteiger partial charge in [-0.3, -0.25) is 9.59 Å². The second kappa shape index (κ2) is 11.3. The molecule has 0 fully saturated rings. The lowest BCUT2D eigenvalue weighted by Gasteiger charge is -2.16. The highest BCUT2D eigenvalue weighted by Gasteiger charge is 2.21. The first-order chi connectivity index (χ1) is 15.4. The van der Waals surface area contributed by atoms with Gasteiger partial charge in [0.05, 0.1) is 11.8 Å². The number of benzene rings is 2. The molecule has 2 aromatic carbocycles. The standard InChI is InChI=1S/C23H24IN5O2S/c1-4-13-29-21(16(3)25-22(31)19-8-6-5-7-15(19)2)27-28-23(29)32-14-20(30)26-18-11-9-17(24)10-12-18/h4-12,16H,1,13-14H2,2-3H3,(H,25,31)(H,26,30)/t16-/m0/s1. The molecule has 3 rings (SSSR count). The maximum Gasteiger partial charge on any atom is 0.252 e. The molecule has 0 saturated heterocycles. The number of amides is 2. The highest BCUT2D eigenvalue weighted by Crippen LogP contribution is 2.22. The number of anilines is 1. The first-order valence-electron chi connectivity index (χ1n) is 9.97. The Hall–Kier alpha value is -2.66. The van der Waals surface area contributed by atoms with E-state index in [1.807, 2.05) is 60.9 Å². The van der Waals surface area contributed by atoms with Crippen LogP contribution in [-0.2, 0) is 11.3 Å². The van der Waals surface area contributed by atoms with Crippen LogP contribution in [0, 0.1) is 10.5 Å². The molecule has 1 aromatic heterocycles. The van der Waals surface area contributed by atoms with Gasteiger partial charge in [0.25, 0.3) is 5.91 Å². The van der Waals surface area contributed by atoms with E-state index in [0.717, 1.165) is 14.8 Å². The van der Waals surface area contributed by atoms with Crippen molar-refractivity contribution in [2.24, 2.45) is 0 Å². The van der Waals surface area contributed by atoms with E-state index in [2.05, 4.69) is 50.0 Å². The lowest BCUT2D eigenvalue weighted by atomic mass is 10.1. The van der Waals surface area contributed by atoms with Gasteiger partial charge in [0.2, 0.25) is 5.91 Å². The van der Waals surface area contributed by atoms with Crippen molar-refractivity contribution in [2.75, 3.05) is 11.1 Å². The van der Waals surface area contributed by atoms with Gasteiger partial charge in [-0.05, 0) is 72.3 Å². The van der Waals surface area contributed by atoms with Gasteiger partial charge in [0, 0.05) is 21.4 Å². The molecule has 32 heavy (non-hydrogen) atoms. The highest BCUT2D eigenvalue weighted by molar-refractivity contribution is 14.1. The number of thioether (sulfide) groups is 1. The van der Waals surface area contributed by atoms with Gasteiger partial charge >= 0.3 is 0 Å². The summed E-state index contributed by atoms with van der Waals surface area (Å²) in [6.07, 6.45) is 1.73. The predicted molar refractivity (Wildman–Crippen MR) is 136 cm³/mol.